The number of hydrogen-bond donors (Lipinski definition) is 0. The minimum Gasteiger partial charge on any atom is -0.394 e. The summed E-state index contributed by atoms with van der Waals surface area (Å²) in [6.07, 6.45) is 2.06. The van der Waals surface area contributed by atoms with Gasteiger partial charge in [0.05, 0.1) is 5.70 Å². The fourth-order valence-electron chi connectivity index (χ4n) is 5.48. The van der Waals surface area contributed by atoms with Crippen molar-refractivity contribution in [2.24, 2.45) is 4.99 Å². The third-order valence-corrected chi connectivity index (χ3v) is 6.74. The van der Waals surface area contributed by atoms with Crippen LogP contribution in [-0.4, -0.2) is 17.6 Å². The maximum Gasteiger partial charge on any atom is 0.249 e. The van der Waals surface area contributed by atoms with Crippen LogP contribution in [0, 0.1) is 34.6 Å². The van der Waals surface area contributed by atoms with Crippen molar-refractivity contribution in [2.45, 2.75) is 82.0 Å². The molecule has 1 aromatic carbocycles. The van der Waals surface area contributed by atoms with Crippen LogP contribution >= 0.6 is 0 Å². The van der Waals surface area contributed by atoms with E-state index in [4.69, 9.17) is 4.99 Å². The molecule has 1 radical (unpaired) electrons. The Kier molecular flexibility index (Phi) is 6.31. The Hall–Kier alpha value is -2.29. The van der Waals surface area contributed by atoms with Gasteiger partial charge >= 0.3 is 0 Å². The number of hydrogen-bond acceptors (Lipinski definition) is 1. The van der Waals surface area contributed by atoms with Crippen molar-refractivity contribution in [3.05, 3.63) is 73.7 Å². The zero-order chi connectivity index (χ0) is 22.3. The molecule has 3 heteroatoms. The fourth-order valence-corrected chi connectivity index (χ4v) is 5.48. The molecule has 0 N–H and O–H groups in total. The molecule has 0 saturated heterocycles. The average molecular weight is 399 g/mol. The summed E-state index contributed by atoms with van der Waals surface area (Å²) in [4.78, 5) is 5.16. The van der Waals surface area contributed by atoms with Crippen LogP contribution in [0.15, 0.2) is 34.0 Å². The van der Waals surface area contributed by atoms with Gasteiger partial charge in [-0.2, -0.15) is 0 Å². The van der Waals surface area contributed by atoms with Crippen molar-refractivity contribution in [3.8, 4) is 0 Å². The summed E-state index contributed by atoms with van der Waals surface area (Å²) in [7, 11) is 2.21. The Balaban J connectivity index is 2.54. The van der Waals surface area contributed by atoms with Gasteiger partial charge in [0, 0.05) is 22.7 Å². The number of allylic oxidation sites excluding steroid dienone is 2. The molecule has 2 nitrogen and oxygen atoms in total. The molecule has 2 aromatic rings. The van der Waals surface area contributed by atoms with Gasteiger partial charge in [0.15, 0.2) is 0 Å². The van der Waals surface area contributed by atoms with Gasteiger partial charge in [0.25, 0.3) is 0 Å². The second kappa shape index (κ2) is 8.45. The lowest BCUT2D eigenvalue weighted by atomic mass is 9.86. The lowest BCUT2D eigenvalue weighted by Gasteiger charge is -2.21. The monoisotopic (exact) mass is 399 g/mol. The van der Waals surface area contributed by atoms with E-state index in [1.165, 1.54) is 61.5 Å². The van der Waals surface area contributed by atoms with E-state index in [1.54, 1.807) is 0 Å². The highest BCUT2D eigenvalue weighted by Gasteiger charge is 2.28. The van der Waals surface area contributed by atoms with E-state index in [0.717, 1.165) is 24.3 Å². The number of aliphatic imine (C=N–C) groups is 1. The number of rotatable bonds is 5. The molecule has 0 saturated carbocycles. The van der Waals surface area contributed by atoms with E-state index in [0.29, 0.717) is 0 Å². The second-order valence-corrected chi connectivity index (χ2v) is 8.67. The molecular weight excluding hydrogens is 363 g/mol. The normalized spacial score (nSPS) is 15.7. The van der Waals surface area contributed by atoms with Crippen molar-refractivity contribution >= 4 is 18.7 Å². The molecule has 0 atom stereocenters. The zero-order valence-corrected chi connectivity index (χ0v) is 20.5. The summed E-state index contributed by atoms with van der Waals surface area (Å²) in [5.41, 5.74) is 17.0. The Morgan fingerprint density at radius 1 is 0.933 bits per heavy atom. The predicted octanol–water partition coefficient (Wildman–Crippen LogP) is 7.07. The standard InChI is InChI=1S/C27H36BN2/c1-11-22-18(6)26(29-20(22)8)25(24-16(4)13-15(3)14-17(24)5)27-19(7)23(12-2)21(9)30(27)28-10/h13-14H,11-12H2,1-10H3/b26-25-. The van der Waals surface area contributed by atoms with E-state index in [9.17, 15) is 0 Å². The van der Waals surface area contributed by atoms with Gasteiger partial charge in [-0.25, -0.2) is 0 Å². The minimum atomic E-state index is 1.02. The molecule has 0 amide bonds. The highest BCUT2D eigenvalue weighted by Crippen LogP contribution is 2.42. The van der Waals surface area contributed by atoms with Crippen LogP contribution in [0.4, 0.5) is 0 Å². The molecule has 2 heterocycles. The summed E-state index contributed by atoms with van der Waals surface area (Å²) < 4.78 is 2.39. The number of aromatic nitrogens is 1. The van der Waals surface area contributed by atoms with E-state index in [2.05, 4.69) is 93.2 Å². The summed E-state index contributed by atoms with van der Waals surface area (Å²) in [5.74, 6) is 0. The number of aryl methyl sites for hydroxylation is 3. The van der Waals surface area contributed by atoms with Gasteiger partial charge < -0.3 is 4.48 Å². The van der Waals surface area contributed by atoms with Crippen molar-refractivity contribution in [1.29, 1.82) is 0 Å². The van der Waals surface area contributed by atoms with Crippen molar-refractivity contribution < 1.29 is 0 Å². The van der Waals surface area contributed by atoms with Crippen LogP contribution in [0.1, 0.15) is 78.9 Å². The summed E-state index contributed by atoms with van der Waals surface area (Å²) in [6, 6.07) is 4.61. The zero-order valence-electron chi connectivity index (χ0n) is 20.5. The van der Waals surface area contributed by atoms with Crippen LogP contribution < -0.4 is 0 Å². The Morgan fingerprint density at radius 2 is 1.53 bits per heavy atom. The first kappa shape index (κ1) is 22.4. The first-order valence-electron chi connectivity index (χ1n) is 11.3. The second-order valence-electron chi connectivity index (χ2n) is 8.67. The highest BCUT2D eigenvalue weighted by atomic mass is 14.9. The van der Waals surface area contributed by atoms with Gasteiger partial charge in [-0.15, -0.1) is 0 Å². The van der Waals surface area contributed by atoms with Gasteiger partial charge in [-0.3, -0.25) is 4.99 Å². The third kappa shape index (κ3) is 3.43. The first-order valence-corrected chi connectivity index (χ1v) is 11.3. The van der Waals surface area contributed by atoms with Crippen LogP contribution in [0.3, 0.4) is 0 Å². The summed E-state index contributed by atoms with van der Waals surface area (Å²) in [5, 5.41) is 0. The highest BCUT2D eigenvalue weighted by molar-refractivity contribution is 6.33. The maximum absolute atomic E-state index is 5.16. The molecule has 1 aliphatic heterocycles. The molecule has 0 bridgehead atoms. The van der Waals surface area contributed by atoms with E-state index < -0.39 is 0 Å². The quantitative estimate of drug-likeness (QED) is 0.479. The fraction of sp³-hybridized carbons (Fsp3) is 0.444. The lowest BCUT2D eigenvalue weighted by molar-refractivity contribution is 1.05. The Labute approximate surface area is 184 Å². The summed E-state index contributed by atoms with van der Waals surface area (Å²) in [6.45, 7) is 22.2. The summed E-state index contributed by atoms with van der Waals surface area (Å²) >= 11 is 0. The number of nitrogens with zero attached hydrogens (tertiary/aromatic N) is 2. The molecular formula is C27H36BN2. The molecule has 0 spiro atoms. The molecule has 0 aliphatic carbocycles. The maximum atomic E-state index is 5.16. The molecule has 0 fully saturated rings. The smallest absolute Gasteiger partial charge is 0.249 e. The average Bonchev–Trinajstić information content (AvgIpc) is 3.09. The Morgan fingerprint density at radius 3 is 2.00 bits per heavy atom. The SMILES string of the molecule is C[B]n1c(C)c(CC)c(C)c1/C(=C1\N=C(C)C(CC)=C1C)c1c(C)cc(C)cc1C. The van der Waals surface area contributed by atoms with E-state index in [-0.39, 0.29) is 0 Å². The molecule has 3 rings (SSSR count). The van der Waals surface area contributed by atoms with Crippen molar-refractivity contribution in [2.75, 3.05) is 0 Å². The van der Waals surface area contributed by atoms with Gasteiger partial charge in [-0.1, -0.05) is 38.4 Å². The van der Waals surface area contributed by atoms with E-state index in [1.807, 2.05) is 0 Å². The molecule has 30 heavy (non-hydrogen) atoms. The Bertz CT molecular complexity index is 1080. The first-order chi connectivity index (χ1) is 14.2. The van der Waals surface area contributed by atoms with Crippen molar-refractivity contribution in [1.82, 2.24) is 4.48 Å². The van der Waals surface area contributed by atoms with Crippen LogP contribution in [0.2, 0.25) is 6.82 Å². The number of benzene rings is 1. The van der Waals surface area contributed by atoms with Crippen LogP contribution in [0.25, 0.3) is 5.57 Å². The van der Waals surface area contributed by atoms with Gasteiger partial charge in [-0.05, 0) is 100 Å². The predicted molar refractivity (Wildman–Crippen MR) is 133 cm³/mol. The molecule has 157 valence electrons. The third-order valence-electron chi connectivity index (χ3n) is 6.74. The molecule has 1 aromatic heterocycles. The van der Waals surface area contributed by atoms with Gasteiger partial charge in [0.2, 0.25) is 7.41 Å². The van der Waals surface area contributed by atoms with E-state index >= 15 is 0 Å². The lowest BCUT2D eigenvalue weighted by Crippen LogP contribution is -2.11. The minimum absolute atomic E-state index is 1.02. The topological polar surface area (TPSA) is 17.3 Å². The largest absolute Gasteiger partial charge is 0.394 e. The molecule has 1 aliphatic rings. The van der Waals surface area contributed by atoms with Gasteiger partial charge in [0.1, 0.15) is 0 Å². The van der Waals surface area contributed by atoms with Crippen LogP contribution in [-0.2, 0) is 6.42 Å². The van der Waals surface area contributed by atoms with Crippen molar-refractivity contribution in [3.63, 3.8) is 0 Å². The van der Waals surface area contributed by atoms with Crippen LogP contribution in [0.5, 0.6) is 0 Å². The molecule has 0 unspecified atom stereocenters.